The molecule has 4 nitrogen and oxygen atoms in total. The minimum absolute atomic E-state index is 0.0839. The molecule has 0 radical (unpaired) electrons. The van der Waals surface area contributed by atoms with E-state index in [1.54, 1.807) is 6.92 Å². The van der Waals surface area contributed by atoms with Crippen molar-refractivity contribution in [3.63, 3.8) is 0 Å². The quantitative estimate of drug-likeness (QED) is 0.151. The summed E-state index contributed by atoms with van der Waals surface area (Å²) in [5.41, 5.74) is 0.916. The van der Waals surface area contributed by atoms with Crippen LogP contribution in [0.3, 0.4) is 0 Å². The van der Waals surface area contributed by atoms with Gasteiger partial charge in [-0.25, -0.2) is 0 Å². The molecule has 0 fully saturated rings. The van der Waals surface area contributed by atoms with Crippen molar-refractivity contribution in [1.29, 1.82) is 0 Å². The maximum absolute atomic E-state index is 11.8. The van der Waals surface area contributed by atoms with Gasteiger partial charge in [0.15, 0.2) is 0 Å². The van der Waals surface area contributed by atoms with E-state index < -0.39 is 26.3 Å². The van der Waals surface area contributed by atoms with E-state index in [-0.39, 0.29) is 10.4 Å². The number of carbonyl (C=O) groups is 2. The fourth-order valence-corrected chi connectivity index (χ4v) is 8.60. The summed E-state index contributed by atoms with van der Waals surface area (Å²) >= 11 is 3.11. The number of hydrogen-bond acceptors (Lipinski definition) is 4. The van der Waals surface area contributed by atoms with E-state index in [0.717, 1.165) is 11.9 Å². The van der Waals surface area contributed by atoms with Gasteiger partial charge in [-0.1, -0.05) is 104 Å². The number of carbonyl (C=O) groups excluding carboxylic acids is 2. The number of alkyl halides is 1. The standard InChI is InChI=1S/C26H33BrO4Si/c1-20(16-24(21(2)18-28)31-25(29)17-27)19-30-32(26(3,4)5,22-12-8-6-9-13-22)23-14-10-7-11-15-23/h6-16,18,21,24H,17,19H2,1-5H3/b20-16-/t21-,24+/m0/s1. The van der Waals surface area contributed by atoms with E-state index in [4.69, 9.17) is 9.16 Å². The molecule has 0 aliphatic heterocycles. The van der Waals surface area contributed by atoms with Crippen molar-refractivity contribution in [3.05, 3.63) is 72.3 Å². The highest BCUT2D eigenvalue weighted by molar-refractivity contribution is 9.09. The average Bonchev–Trinajstić information content (AvgIpc) is 2.78. The molecule has 0 aliphatic carbocycles. The Balaban J connectivity index is 2.45. The maximum atomic E-state index is 11.8. The van der Waals surface area contributed by atoms with Crippen LogP contribution in [0.25, 0.3) is 0 Å². The van der Waals surface area contributed by atoms with Gasteiger partial charge in [-0.15, -0.1) is 0 Å². The second-order valence-corrected chi connectivity index (χ2v) is 13.9. The van der Waals surface area contributed by atoms with Crippen LogP contribution in [0.5, 0.6) is 0 Å². The monoisotopic (exact) mass is 516 g/mol. The molecule has 0 heterocycles. The van der Waals surface area contributed by atoms with Crippen molar-refractivity contribution in [2.24, 2.45) is 5.92 Å². The molecular formula is C26H33BrO4Si. The van der Waals surface area contributed by atoms with Crippen molar-refractivity contribution in [3.8, 4) is 0 Å². The Labute approximate surface area is 201 Å². The Kier molecular flexibility index (Phi) is 9.61. The summed E-state index contributed by atoms with van der Waals surface area (Å²) in [6, 6.07) is 20.9. The highest BCUT2D eigenvalue weighted by Gasteiger charge is 2.50. The summed E-state index contributed by atoms with van der Waals surface area (Å²) < 4.78 is 12.4. The van der Waals surface area contributed by atoms with Crippen LogP contribution in [0.2, 0.25) is 5.04 Å². The lowest BCUT2D eigenvalue weighted by Crippen LogP contribution is -2.66. The van der Waals surface area contributed by atoms with Crippen molar-refractivity contribution < 1.29 is 18.8 Å². The van der Waals surface area contributed by atoms with E-state index >= 15 is 0 Å². The number of esters is 1. The van der Waals surface area contributed by atoms with Gasteiger partial charge < -0.3 is 14.0 Å². The Morgan fingerprint density at radius 2 is 1.53 bits per heavy atom. The lowest BCUT2D eigenvalue weighted by molar-refractivity contribution is -0.145. The number of ether oxygens (including phenoxy) is 1. The van der Waals surface area contributed by atoms with Gasteiger partial charge in [0.25, 0.3) is 8.32 Å². The Morgan fingerprint density at radius 1 is 1.03 bits per heavy atom. The molecule has 2 atom stereocenters. The van der Waals surface area contributed by atoms with Crippen molar-refractivity contribution in [2.75, 3.05) is 11.9 Å². The lowest BCUT2D eigenvalue weighted by atomic mass is 10.0. The predicted molar refractivity (Wildman–Crippen MR) is 136 cm³/mol. The minimum atomic E-state index is -2.66. The number of aldehydes is 1. The first-order valence-corrected chi connectivity index (χ1v) is 13.8. The van der Waals surface area contributed by atoms with E-state index in [1.807, 2.05) is 25.1 Å². The normalized spacial score (nSPS) is 14.5. The first-order valence-electron chi connectivity index (χ1n) is 10.8. The summed E-state index contributed by atoms with van der Waals surface area (Å²) in [6.07, 6.45) is 2.01. The summed E-state index contributed by atoms with van der Waals surface area (Å²) in [4.78, 5) is 23.2. The Hall–Kier alpha value is -2.02. The smallest absolute Gasteiger partial charge is 0.317 e. The number of hydrogen-bond donors (Lipinski definition) is 0. The molecule has 0 amide bonds. The van der Waals surface area contributed by atoms with Gasteiger partial charge in [0.1, 0.15) is 17.7 Å². The second kappa shape index (κ2) is 11.7. The highest BCUT2D eigenvalue weighted by Crippen LogP contribution is 2.37. The molecule has 172 valence electrons. The van der Waals surface area contributed by atoms with Crippen LogP contribution >= 0.6 is 15.9 Å². The molecule has 32 heavy (non-hydrogen) atoms. The van der Waals surface area contributed by atoms with Crippen LogP contribution in [-0.2, 0) is 18.8 Å². The molecule has 0 spiro atoms. The molecule has 2 rings (SSSR count). The largest absolute Gasteiger partial charge is 0.457 e. The van der Waals surface area contributed by atoms with E-state index in [0.29, 0.717) is 6.61 Å². The summed E-state index contributed by atoms with van der Waals surface area (Å²) in [6.45, 7) is 10.8. The van der Waals surface area contributed by atoms with E-state index in [1.165, 1.54) is 10.4 Å². The number of benzene rings is 2. The van der Waals surface area contributed by atoms with Crippen LogP contribution in [0.4, 0.5) is 0 Å². The average molecular weight is 518 g/mol. The molecule has 2 aromatic rings. The van der Waals surface area contributed by atoms with Gasteiger partial charge in [0.05, 0.1) is 12.5 Å². The molecule has 2 aromatic carbocycles. The fourth-order valence-electron chi connectivity index (χ4n) is 3.87. The molecule has 0 saturated heterocycles. The second-order valence-electron chi connectivity index (χ2n) is 9.05. The van der Waals surface area contributed by atoms with E-state index in [9.17, 15) is 9.59 Å². The molecule has 6 heteroatoms. The number of halogens is 1. The molecule has 0 unspecified atom stereocenters. The van der Waals surface area contributed by atoms with Crippen LogP contribution in [0.1, 0.15) is 34.6 Å². The van der Waals surface area contributed by atoms with Gasteiger partial charge in [-0.3, -0.25) is 4.79 Å². The molecule has 0 N–H and O–H groups in total. The van der Waals surface area contributed by atoms with Crippen LogP contribution in [0, 0.1) is 5.92 Å². The lowest BCUT2D eigenvalue weighted by Gasteiger charge is -2.43. The first-order chi connectivity index (χ1) is 15.2. The van der Waals surface area contributed by atoms with Crippen LogP contribution < -0.4 is 10.4 Å². The zero-order valence-electron chi connectivity index (χ0n) is 19.5. The van der Waals surface area contributed by atoms with Crippen molar-refractivity contribution in [2.45, 2.75) is 45.8 Å². The summed E-state index contributed by atoms with van der Waals surface area (Å²) in [7, 11) is -2.66. The van der Waals surface area contributed by atoms with Crippen molar-refractivity contribution in [1.82, 2.24) is 0 Å². The highest BCUT2D eigenvalue weighted by atomic mass is 79.9. The zero-order valence-corrected chi connectivity index (χ0v) is 22.1. The van der Waals surface area contributed by atoms with E-state index in [2.05, 4.69) is 85.2 Å². The third-order valence-corrected chi connectivity index (χ3v) is 10.9. The van der Waals surface area contributed by atoms with Crippen LogP contribution in [-0.4, -0.2) is 38.6 Å². The molecule has 0 aromatic heterocycles. The minimum Gasteiger partial charge on any atom is -0.457 e. The Morgan fingerprint density at radius 3 is 1.94 bits per heavy atom. The first kappa shape index (κ1) is 26.2. The fraction of sp³-hybridized carbons (Fsp3) is 0.385. The molecular weight excluding hydrogens is 484 g/mol. The van der Waals surface area contributed by atoms with Crippen molar-refractivity contribution >= 4 is 46.9 Å². The van der Waals surface area contributed by atoms with Gasteiger partial charge >= 0.3 is 5.97 Å². The molecule has 0 aliphatic rings. The van der Waals surface area contributed by atoms with Gasteiger partial charge in [-0.05, 0) is 34.0 Å². The van der Waals surface area contributed by atoms with Gasteiger partial charge in [0.2, 0.25) is 0 Å². The summed E-state index contributed by atoms with van der Waals surface area (Å²) in [5, 5.41) is 2.36. The zero-order chi connectivity index (χ0) is 23.8. The SMILES string of the molecule is C/C(=C/[C@@H](OC(=O)CBr)[C@@H](C)C=O)CO[Si](c1ccccc1)(c1ccccc1)C(C)(C)C. The van der Waals surface area contributed by atoms with Gasteiger partial charge in [-0.2, -0.15) is 0 Å². The third-order valence-electron chi connectivity index (χ3n) is 5.49. The van der Waals surface area contributed by atoms with Crippen LogP contribution in [0.15, 0.2) is 72.3 Å². The molecule has 0 saturated carbocycles. The number of rotatable bonds is 10. The van der Waals surface area contributed by atoms with Gasteiger partial charge in [0, 0.05) is 0 Å². The molecule has 0 bridgehead atoms. The topological polar surface area (TPSA) is 52.6 Å². The predicted octanol–water partition coefficient (Wildman–Crippen LogP) is 4.65. The Bertz CT molecular complexity index is 867. The summed E-state index contributed by atoms with van der Waals surface area (Å²) in [5.74, 6) is -0.846. The third kappa shape index (κ3) is 6.27. The maximum Gasteiger partial charge on any atom is 0.317 e.